The van der Waals surface area contributed by atoms with Gasteiger partial charge in [0.2, 0.25) is 0 Å². The van der Waals surface area contributed by atoms with Crippen molar-refractivity contribution in [2.75, 3.05) is 25.6 Å². The lowest BCUT2D eigenvalue weighted by atomic mass is 10.2. The number of ether oxygens (including phenoxy) is 2. The summed E-state index contributed by atoms with van der Waals surface area (Å²) in [6.07, 6.45) is 0. The molecule has 106 valence electrons. The van der Waals surface area contributed by atoms with Crippen molar-refractivity contribution in [3.63, 3.8) is 0 Å². The van der Waals surface area contributed by atoms with Crippen molar-refractivity contribution in [1.82, 2.24) is 0 Å². The summed E-state index contributed by atoms with van der Waals surface area (Å²) < 4.78 is 23.7. The van der Waals surface area contributed by atoms with Crippen LogP contribution in [-0.4, -0.2) is 20.3 Å². The van der Waals surface area contributed by atoms with Crippen LogP contribution in [0.3, 0.4) is 0 Å². The molecular formula is C16H18FNO2. The van der Waals surface area contributed by atoms with Gasteiger partial charge in [0.1, 0.15) is 18.2 Å². The highest BCUT2D eigenvalue weighted by atomic mass is 19.1. The summed E-state index contributed by atoms with van der Waals surface area (Å²) in [6.45, 7) is 1.63. The third kappa shape index (κ3) is 4.24. The van der Waals surface area contributed by atoms with Crippen molar-refractivity contribution in [2.45, 2.75) is 6.54 Å². The Morgan fingerprint density at radius 2 is 1.90 bits per heavy atom. The fourth-order valence-corrected chi connectivity index (χ4v) is 1.82. The lowest BCUT2D eigenvalue weighted by molar-refractivity contribution is 0.146. The van der Waals surface area contributed by atoms with E-state index in [4.69, 9.17) is 9.47 Å². The molecule has 3 nitrogen and oxygen atoms in total. The Hall–Kier alpha value is -2.07. The Kier molecular flexibility index (Phi) is 5.38. The number of methoxy groups -OCH3 is 1. The van der Waals surface area contributed by atoms with Crippen molar-refractivity contribution in [1.29, 1.82) is 0 Å². The van der Waals surface area contributed by atoms with Gasteiger partial charge < -0.3 is 14.8 Å². The van der Waals surface area contributed by atoms with Gasteiger partial charge in [-0.15, -0.1) is 0 Å². The Bertz CT molecular complexity index is 546. The van der Waals surface area contributed by atoms with Crippen molar-refractivity contribution in [3.8, 4) is 5.75 Å². The summed E-state index contributed by atoms with van der Waals surface area (Å²) in [5.41, 5.74) is 1.77. The quantitative estimate of drug-likeness (QED) is 0.785. The van der Waals surface area contributed by atoms with Crippen molar-refractivity contribution in [3.05, 3.63) is 59.9 Å². The van der Waals surface area contributed by atoms with Crippen LogP contribution in [0.15, 0.2) is 48.5 Å². The zero-order valence-electron chi connectivity index (χ0n) is 11.4. The second-order valence-electron chi connectivity index (χ2n) is 4.31. The van der Waals surface area contributed by atoms with Crippen LogP contribution in [0.2, 0.25) is 0 Å². The van der Waals surface area contributed by atoms with Gasteiger partial charge in [0, 0.05) is 24.9 Å². The highest BCUT2D eigenvalue weighted by Crippen LogP contribution is 2.19. The third-order valence-electron chi connectivity index (χ3n) is 2.83. The van der Waals surface area contributed by atoms with Crippen LogP contribution in [0.5, 0.6) is 5.75 Å². The third-order valence-corrected chi connectivity index (χ3v) is 2.83. The first-order valence-corrected chi connectivity index (χ1v) is 6.48. The molecule has 0 saturated carbocycles. The first kappa shape index (κ1) is 14.3. The van der Waals surface area contributed by atoms with E-state index in [1.807, 2.05) is 30.3 Å². The molecule has 4 heteroatoms. The van der Waals surface area contributed by atoms with E-state index in [0.29, 0.717) is 19.8 Å². The molecule has 2 rings (SSSR count). The molecule has 0 spiro atoms. The minimum absolute atomic E-state index is 0.250. The molecule has 0 saturated heterocycles. The van der Waals surface area contributed by atoms with Crippen molar-refractivity contribution < 1.29 is 13.9 Å². The van der Waals surface area contributed by atoms with E-state index in [2.05, 4.69) is 5.32 Å². The Balaban J connectivity index is 1.98. The van der Waals surface area contributed by atoms with Crippen LogP contribution in [0.25, 0.3) is 0 Å². The minimum Gasteiger partial charge on any atom is -0.491 e. The molecule has 20 heavy (non-hydrogen) atoms. The Morgan fingerprint density at radius 3 is 2.70 bits per heavy atom. The number of halogens is 1. The monoisotopic (exact) mass is 275 g/mol. The zero-order valence-corrected chi connectivity index (χ0v) is 11.4. The molecule has 0 aliphatic carbocycles. The Morgan fingerprint density at radius 1 is 1.05 bits per heavy atom. The normalized spacial score (nSPS) is 10.3. The largest absolute Gasteiger partial charge is 0.491 e. The first-order chi connectivity index (χ1) is 9.79. The van der Waals surface area contributed by atoms with Crippen LogP contribution < -0.4 is 10.1 Å². The fourth-order valence-electron chi connectivity index (χ4n) is 1.82. The average Bonchev–Trinajstić information content (AvgIpc) is 2.47. The SMILES string of the molecule is COCCOc1ccccc1CNc1cccc(F)c1. The maximum absolute atomic E-state index is 13.1. The molecular weight excluding hydrogens is 257 g/mol. The lowest BCUT2D eigenvalue weighted by Crippen LogP contribution is -2.07. The smallest absolute Gasteiger partial charge is 0.125 e. The van der Waals surface area contributed by atoms with E-state index in [0.717, 1.165) is 17.0 Å². The fraction of sp³-hybridized carbons (Fsp3) is 0.250. The molecule has 0 aliphatic rings. The van der Waals surface area contributed by atoms with Crippen LogP contribution >= 0.6 is 0 Å². The highest BCUT2D eigenvalue weighted by Gasteiger charge is 2.03. The van der Waals surface area contributed by atoms with Crippen molar-refractivity contribution in [2.24, 2.45) is 0 Å². The van der Waals surface area contributed by atoms with E-state index in [9.17, 15) is 4.39 Å². The summed E-state index contributed by atoms with van der Waals surface area (Å²) in [5.74, 6) is 0.563. The van der Waals surface area contributed by atoms with Crippen molar-refractivity contribution >= 4 is 5.69 Å². The van der Waals surface area contributed by atoms with Gasteiger partial charge in [-0.2, -0.15) is 0 Å². The predicted octanol–water partition coefficient (Wildman–Crippen LogP) is 3.46. The predicted molar refractivity (Wildman–Crippen MR) is 77.5 cm³/mol. The molecule has 0 aliphatic heterocycles. The highest BCUT2D eigenvalue weighted by molar-refractivity contribution is 5.45. The zero-order chi connectivity index (χ0) is 14.2. The van der Waals surface area contributed by atoms with Crippen LogP contribution in [0.1, 0.15) is 5.56 Å². The molecule has 0 bridgehead atoms. The summed E-state index contributed by atoms with van der Waals surface area (Å²) >= 11 is 0. The van der Waals surface area contributed by atoms with E-state index in [1.165, 1.54) is 12.1 Å². The summed E-state index contributed by atoms with van der Waals surface area (Å²) in [6, 6.07) is 14.2. The van der Waals surface area contributed by atoms with E-state index >= 15 is 0 Å². The van der Waals surface area contributed by atoms with Gasteiger partial charge in [0.25, 0.3) is 0 Å². The maximum Gasteiger partial charge on any atom is 0.125 e. The lowest BCUT2D eigenvalue weighted by Gasteiger charge is -2.12. The number of hydrogen-bond acceptors (Lipinski definition) is 3. The molecule has 0 fully saturated rings. The van der Waals surface area contributed by atoms with Crippen LogP contribution in [0, 0.1) is 5.82 Å². The van der Waals surface area contributed by atoms with Gasteiger partial charge in [-0.05, 0) is 24.3 Å². The number of benzene rings is 2. The minimum atomic E-state index is -0.250. The van der Waals surface area contributed by atoms with E-state index < -0.39 is 0 Å². The summed E-state index contributed by atoms with van der Waals surface area (Å²) in [5, 5.41) is 3.18. The number of hydrogen-bond donors (Lipinski definition) is 1. The van der Waals surface area contributed by atoms with Gasteiger partial charge in [0.15, 0.2) is 0 Å². The van der Waals surface area contributed by atoms with Gasteiger partial charge >= 0.3 is 0 Å². The molecule has 2 aromatic carbocycles. The molecule has 0 amide bonds. The van der Waals surface area contributed by atoms with Gasteiger partial charge in [0.05, 0.1) is 6.61 Å². The average molecular weight is 275 g/mol. The van der Waals surface area contributed by atoms with E-state index in [1.54, 1.807) is 13.2 Å². The molecule has 0 radical (unpaired) electrons. The molecule has 2 aromatic rings. The van der Waals surface area contributed by atoms with Crippen LogP contribution in [0.4, 0.5) is 10.1 Å². The second kappa shape index (κ2) is 7.50. The number of rotatable bonds is 7. The van der Waals surface area contributed by atoms with Crippen LogP contribution in [-0.2, 0) is 11.3 Å². The molecule has 1 N–H and O–H groups in total. The number of anilines is 1. The Labute approximate surface area is 118 Å². The topological polar surface area (TPSA) is 30.5 Å². The van der Waals surface area contributed by atoms with Gasteiger partial charge in [-0.25, -0.2) is 4.39 Å². The molecule has 0 aromatic heterocycles. The number of nitrogens with one attached hydrogen (secondary N) is 1. The standard InChI is InChI=1S/C16H18FNO2/c1-19-9-10-20-16-8-3-2-5-13(16)12-18-15-7-4-6-14(17)11-15/h2-8,11,18H,9-10,12H2,1H3. The summed E-state index contributed by atoms with van der Waals surface area (Å²) in [4.78, 5) is 0. The first-order valence-electron chi connectivity index (χ1n) is 6.48. The second-order valence-corrected chi connectivity index (χ2v) is 4.31. The van der Waals surface area contributed by atoms with Gasteiger partial charge in [-0.1, -0.05) is 24.3 Å². The molecule has 0 atom stereocenters. The molecule has 0 heterocycles. The summed E-state index contributed by atoms with van der Waals surface area (Å²) in [7, 11) is 1.64. The van der Waals surface area contributed by atoms with E-state index in [-0.39, 0.29) is 5.82 Å². The van der Waals surface area contributed by atoms with Gasteiger partial charge in [-0.3, -0.25) is 0 Å². The number of para-hydroxylation sites is 1. The molecule has 0 unspecified atom stereocenters. The maximum atomic E-state index is 13.1.